The lowest BCUT2D eigenvalue weighted by atomic mass is 10.1. The molecule has 0 aromatic carbocycles. The molecule has 6 nitrogen and oxygen atoms in total. The standard InChI is InChI=1S/C14H9F8N5O/c1-6-3-27-10(28)8(9(13(17,18)19)25-11(27)24-6)7-2-23-26(4-7)5-12(15,16)14(20,21)22/h2,4H,3,5H2,1H3. The molecule has 0 atom stereocenters. The van der Waals surface area contributed by atoms with Gasteiger partial charge in [0.2, 0.25) is 5.95 Å². The molecular weight excluding hydrogens is 406 g/mol. The van der Waals surface area contributed by atoms with Gasteiger partial charge < -0.3 is 0 Å². The van der Waals surface area contributed by atoms with Crippen LogP contribution in [0, 0.1) is 0 Å². The molecule has 2 aromatic heterocycles. The van der Waals surface area contributed by atoms with E-state index in [1.54, 1.807) is 0 Å². The molecule has 0 N–H and O–H groups in total. The molecule has 1 aliphatic heterocycles. The Bertz CT molecular complexity index is 1010. The fraction of sp³-hybridized carbons (Fsp3) is 0.429. The van der Waals surface area contributed by atoms with Crippen molar-refractivity contribution in [2.45, 2.75) is 38.3 Å². The largest absolute Gasteiger partial charge is 0.455 e. The zero-order valence-corrected chi connectivity index (χ0v) is 13.7. The number of hydrogen-bond acceptors (Lipinski definition) is 4. The molecule has 28 heavy (non-hydrogen) atoms. The smallest absolute Gasteiger partial charge is 0.271 e. The Morgan fingerprint density at radius 2 is 1.75 bits per heavy atom. The van der Waals surface area contributed by atoms with Crippen LogP contribution in [0.2, 0.25) is 0 Å². The fourth-order valence-electron chi connectivity index (χ4n) is 2.54. The minimum Gasteiger partial charge on any atom is -0.271 e. The molecule has 0 saturated heterocycles. The van der Waals surface area contributed by atoms with E-state index >= 15 is 0 Å². The fourth-order valence-corrected chi connectivity index (χ4v) is 2.54. The van der Waals surface area contributed by atoms with Gasteiger partial charge in [0.25, 0.3) is 5.56 Å². The molecule has 0 bridgehead atoms. The maximum Gasteiger partial charge on any atom is 0.455 e. The van der Waals surface area contributed by atoms with Crippen molar-refractivity contribution < 1.29 is 35.1 Å². The van der Waals surface area contributed by atoms with Gasteiger partial charge in [-0.25, -0.2) is 9.98 Å². The Kier molecular flexibility index (Phi) is 4.35. The Morgan fingerprint density at radius 1 is 1.11 bits per heavy atom. The molecule has 152 valence electrons. The van der Waals surface area contributed by atoms with Gasteiger partial charge in [-0.05, 0) is 6.92 Å². The summed E-state index contributed by atoms with van der Waals surface area (Å²) in [7, 11) is 0. The van der Waals surface area contributed by atoms with E-state index in [4.69, 9.17) is 0 Å². The van der Waals surface area contributed by atoms with Crippen molar-refractivity contribution >= 4 is 11.7 Å². The molecule has 0 amide bonds. The molecule has 0 saturated carbocycles. The normalized spacial score (nSPS) is 15.0. The highest BCUT2D eigenvalue weighted by molar-refractivity contribution is 5.86. The molecular formula is C14H9F8N5O. The van der Waals surface area contributed by atoms with E-state index in [1.165, 1.54) is 6.92 Å². The van der Waals surface area contributed by atoms with Gasteiger partial charge in [-0.15, -0.1) is 0 Å². The summed E-state index contributed by atoms with van der Waals surface area (Å²) in [6, 6.07) is 0. The highest BCUT2D eigenvalue weighted by atomic mass is 19.4. The van der Waals surface area contributed by atoms with E-state index in [0.717, 1.165) is 4.57 Å². The van der Waals surface area contributed by atoms with Crippen LogP contribution in [0.4, 0.5) is 41.1 Å². The lowest BCUT2D eigenvalue weighted by Gasteiger charge is -2.19. The molecule has 3 rings (SSSR count). The van der Waals surface area contributed by atoms with E-state index in [1.807, 2.05) is 0 Å². The average molecular weight is 415 g/mol. The highest BCUT2D eigenvalue weighted by Gasteiger charge is 2.57. The van der Waals surface area contributed by atoms with Crippen LogP contribution < -0.4 is 5.56 Å². The van der Waals surface area contributed by atoms with Gasteiger partial charge in [0, 0.05) is 17.5 Å². The first-order valence-electron chi connectivity index (χ1n) is 7.44. The summed E-state index contributed by atoms with van der Waals surface area (Å²) < 4.78 is 104. The zero-order valence-electron chi connectivity index (χ0n) is 13.7. The van der Waals surface area contributed by atoms with Gasteiger partial charge in [0.1, 0.15) is 6.54 Å². The first kappa shape index (κ1) is 19.9. The third kappa shape index (κ3) is 3.38. The van der Waals surface area contributed by atoms with Crippen molar-refractivity contribution in [3.63, 3.8) is 0 Å². The predicted octanol–water partition coefficient (Wildman–Crippen LogP) is 3.43. The van der Waals surface area contributed by atoms with Crippen LogP contribution in [0.1, 0.15) is 12.6 Å². The lowest BCUT2D eigenvalue weighted by molar-refractivity contribution is -0.287. The molecule has 3 heterocycles. The molecule has 1 aliphatic rings. The minimum atomic E-state index is -5.88. The quantitative estimate of drug-likeness (QED) is 0.722. The van der Waals surface area contributed by atoms with Gasteiger partial charge in [-0.2, -0.15) is 40.2 Å². The summed E-state index contributed by atoms with van der Waals surface area (Å²) in [4.78, 5) is 19.6. The van der Waals surface area contributed by atoms with Crippen molar-refractivity contribution in [1.29, 1.82) is 0 Å². The van der Waals surface area contributed by atoms with Gasteiger partial charge >= 0.3 is 18.3 Å². The summed E-state index contributed by atoms with van der Waals surface area (Å²) in [5.74, 6) is -5.64. The summed E-state index contributed by atoms with van der Waals surface area (Å²) in [5, 5.41) is 3.23. The Labute approximate surface area is 150 Å². The van der Waals surface area contributed by atoms with Crippen molar-refractivity contribution in [3.8, 4) is 11.1 Å². The summed E-state index contributed by atoms with van der Waals surface area (Å²) >= 11 is 0. The number of aliphatic imine (C=N–C) groups is 1. The number of hydrogen-bond donors (Lipinski definition) is 0. The van der Waals surface area contributed by atoms with Crippen LogP contribution in [0.15, 0.2) is 22.2 Å². The van der Waals surface area contributed by atoms with Crippen molar-refractivity contribution in [2.75, 3.05) is 0 Å². The zero-order chi connectivity index (χ0) is 21.1. The van der Waals surface area contributed by atoms with Gasteiger partial charge in [0.15, 0.2) is 5.69 Å². The number of aromatic nitrogens is 4. The second-order valence-corrected chi connectivity index (χ2v) is 6.00. The van der Waals surface area contributed by atoms with Gasteiger partial charge in [-0.1, -0.05) is 0 Å². The summed E-state index contributed by atoms with van der Waals surface area (Å²) in [6.45, 7) is -0.634. The molecule has 0 unspecified atom stereocenters. The van der Waals surface area contributed by atoms with Gasteiger partial charge in [0.05, 0.1) is 18.3 Å². The SMILES string of the molecule is CC1=Nc2nc(C(F)(F)F)c(-c3cnn(CC(F)(F)C(F)(F)F)c3)c(=O)n2C1. The second kappa shape index (κ2) is 6.10. The molecule has 14 heteroatoms. The Morgan fingerprint density at radius 3 is 2.32 bits per heavy atom. The maximum atomic E-state index is 13.4. The molecule has 0 aliphatic carbocycles. The van der Waals surface area contributed by atoms with Crippen LogP contribution in [0.3, 0.4) is 0 Å². The average Bonchev–Trinajstić information content (AvgIpc) is 3.10. The number of fused-ring (bicyclic) bond motifs is 1. The van der Waals surface area contributed by atoms with Crippen molar-refractivity contribution in [1.82, 2.24) is 19.3 Å². The van der Waals surface area contributed by atoms with Crippen LogP contribution in [-0.2, 0) is 19.3 Å². The first-order chi connectivity index (χ1) is 12.7. The number of halogens is 8. The molecule has 2 aromatic rings. The lowest BCUT2D eigenvalue weighted by Crippen LogP contribution is -2.40. The summed E-state index contributed by atoms with van der Waals surface area (Å²) in [5.41, 5.74) is -4.09. The van der Waals surface area contributed by atoms with Crippen molar-refractivity contribution in [2.24, 2.45) is 4.99 Å². The van der Waals surface area contributed by atoms with E-state index in [9.17, 15) is 39.9 Å². The number of rotatable bonds is 3. The number of nitrogens with zero attached hydrogens (tertiary/aromatic N) is 5. The van der Waals surface area contributed by atoms with E-state index in [2.05, 4.69) is 15.1 Å². The van der Waals surface area contributed by atoms with Crippen LogP contribution in [-0.4, -0.2) is 37.1 Å². The highest BCUT2D eigenvalue weighted by Crippen LogP contribution is 2.38. The maximum absolute atomic E-state index is 13.4. The van der Waals surface area contributed by atoms with E-state index in [0.29, 0.717) is 18.1 Å². The van der Waals surface area contributed by atoms with Crippen LogP contribution >= 0.6 is 0 Å². The third-order valence-electron chi connectivity index (χ3n) is 3.79. The molecule has 0 spiro atoms. The topological polar surface area (TPSA) is 65.1 Å². The van der Waals surface area contributed by atoms with E-state index in [-0.39, 0.29) is 11.2 Å². The predicted molar refractivity (Wildman–Crippen MR) is 78.5 cm³/mol. The second-order valence-electron chi connectivity index (χ2n) is 6.00. The Balaban J connectivity index is 2.10. The molecule has 0 radical (unpaired) electrons. The molecule has 0 fully saturated rings. The first-order valence-corrected chi connectivity index (χ1v) is 7.44. The summed E-state index contributed by atoms with van der Waals surface area (Å²) in [6.07, 6.45) is -9.88. The van der Waals surface area contributed by atoms with Crippen molar-refractivity contribution in [3.05, 3.63) is 28.4 Å². The third-order valence-corrected chi connectivity index (χ3v) is 3.79. The van der Waals surface area contributed by atoms with Crippen LogP contribution in [0.25, 0.3) is 11.1 Å². The Hall–Kier alpha value is -2.80. The number of alkyl halides is 8. The van der Waals surface area contributed by atoms with Gasteiger partial charge in [-0.3, -0.25) is 14.0 Å². The van der Waals surface area contributed by atoms with Crippen LogP contribution in [0.5, 0.6) is 0 Å². The monoisotopic (exact) mass is 415 g/mol. The van der Waals surface area contributed by atoms with E-state index < -0.39 is 53.1 Å². The minimum absolute atomic E-state index is 0.113.